The summed E-state index contributed by atoms with van der Waals surface area (Å²) in [6.07, 6.45) is 0.0550. The number of ketones is 1. The van der Waals surface area contributed by atoms with E-state index in [2.05, 4.69) is 23.6 Å². The van der Waals surface area contributed by atoms with Crippen molar-refractivity contribution in [2.24, 2.45) is 0 Å². The number of esters is 1. The zero-order chi connectivity index (χ0) is 18.0. The van der Waals surface area contributed by atoms with Gasteiger partial charge in [0.15, 0.2) is 6.61 Å². The molecular weight excluding hydrogens is 308 g/mol. The lowest BCUT2D eigenvalue weighted by atomic mass is 10.1. The Morgan fingerprint density at radius 2 is 1.92 bits per heavy atom. The van der Waals surface area contributed by atoms with Crippen LogP contribution in [0.15, 0.2) is 10.6 Å². The molecule has 0 aliphatic heterocycles. The summed E-state index contributed by atoms with van der Waals surface area (Å²) in [7, 11) is 0. The zero-order valence-corrected chi connectivity index (χ0v) is 15.1. The molecule has 0 atom stereocenters. The molecule has 0 saturated carbocycles. The van der Waals surface area contributed by atoms with Crippen LogP contribution in [0.4, 0.5) is 0 Å². The SMILES string of the molecule is Cc1noc(C)c1CC(=O)OCC(=O)c1cc(C)n(C(C)C)c1C. The van der Waals surface area contributed by atoms with E-state index in [9.17, 15) is 9.59 Å². The third kappa shape index (κ3) is 3.58. The number of rotatable bonds is 6. The van der Waals surface area contributed by atoms with Crippen LogP contribution in [0.3, 0.4) is 0 Å². The van der Waals surface area contributed by atoms with Crippen molar-refractivity contribution in [2.75, 3.05) is 6.61 Å². The van der Waals surface area contributed by atoms with Crippen LogP contribution in [0, 0.1) is 27.7 Å². The molecule has 0 bridgehead atoms. The Kier molecular flexibility index (Phi) is 5.26. The molecule has 0 aromatic carbocycles. The first-order valence-corrected chi connectivity index (χ1v) is 8.01. The van der Waals surface area contributed by atoms with Crippen molar-refractivity contribution in [3.8, 4) is 0 Å². The lowest BCUT2D eigenvalue weighted by molar-refractivity contribution is -0.141. The number of Topliss-reactive ketones (excluding diaryl/α,β-unsaturated/α-hetero) is 1. The van der Waals surface area contributed by atoms with Crippen LogP contribution in [0.2, 0.25) is 0 Å². The first-order chi connectivity index (χ1) is 11.2. The summed E-state index contributed by atoms with van der Waals surface area (Å²) in [5.74, 6) is -0.0613. The number of carbonyl (C=O) groups is 2. The summed E-state index contributed by atoms with van der Waals surface area (Å²) >= 11 is 0. The standard InChI is InChI=1S/C18H24N2O4/c1-10(2)20-11(3)7-16(13(20)5)17(21)9-23-18(22)8-15-12(4)19-24-14(15)6/h7,10H,8-9H2,1-6H3. The second kappa shape index (κ2) is 7.03. The van der Waals surface area contributed by atoms with Crippen molar-refractivity contribution in [2.45, 2.75) is 54.0 Å². The number of carbonyl (C=O) groups excluding carboxylic acids is 2. The van der Waals surface area contributed by atoms with Gasteiger partial charge in [0.05, 0.1) is 12.1 Å². The third-order valence-corrected chi connectivity index (χ3v) is 4.17. The average molecular weight is 332 g/mol. The second-order valence-electron chi connectivity index (χ2n) is 6.31. The van der Waals surface area contributed by atoms with Crippen LogP contribution in [0.5, 0.6) is 0 Å². The Morgan fingerprint density at radius 1 is 1.25 bits per heavy atom. The monoisotopic (exact) mass is 332 g/mol. The van der Waals surface area contributed by atoms with Gasteiger partial charge in [-0.2, -0.15) is 0 Å². The predicted octanol–water partition coefficient (Wildman–Crippen LogP) is 3.26. The van der Waals surface area contributed by atoms with Gasteiger partial charge in [-0.25, -0.2) is 0 Å². The maximum atomic E-state index is 12.4. The minimum absolute atomic E-state index is 0.0550. The van der Waals surface area contributed by atoms with Crippen molar-refractivity contribution in [3.05, 3.63) is 40.0 Å². The van der Waals surface area contributed by atoms with Crippen LogP contribution < -0.4 is 0 Å². The molecular formula is C18H24N2O4. The van der Waals surface area contributed by atoms with Gasteiger partial charge in [-0.3, -0.25) is 9.59 Å². The van der Waals surface area contributed by atoms with Crippen molar-refractivity contribution in [3.63, 3.8) is 0 Å². The molecule has 2 rings (SSSR count). The summed E-state index contributed by atoms with van der Waals surface area (Å²) in [5, 5.41) is 3.80. The summed E-state index contributed by atoms with van der Waals surface area (Å²) < 4.78 is 12.3. The highest BCUT2D eigenvalue weighted by atomic mass is 16.5. The lowest BCUT2D eigenvalue weighted by Crippen LogP contribution is -2.17. The van der Waals surface area contributed by atoms with E-state index in [0.717, 1.165) is 11.4 Å². The molecule has 0 unspecified atom stereocenters. The van der Waals surface area contributed by atoms with E-state index in [1.54, 1.807) is 13.8 Å². The van der Waals surface area contributed by atoms with Crippen LogP contribution in [0.1, 0.15) is 58.7 Å². The van der Waals surface area contributed by atoms with Gasteiger partial charge in [0.1, 0.15) is 5.76 Å². The fraction of sp³-hybridized carbons (Fsp3) is 0.500. The summed E-state index contributed by atoms with van der Waals surface area (Å²) in [5.41, 5.74) is 3.90. The Morgan fingerprint density at radius 3 is 2.42 bits per heavy atom. The number of hydrogen-bond acceptors (Lipinski definition) is 5. The Hall–Kier alpha value is -2.37. The van der Waals surface area contributed by atoms with Crippen molar-refractivity contribution in [1.29, 1.82) is 0 Å². The van der Waals surface area contributed by atoms with Crippen LogP contribution in [-0.4, -0.2) is 28.1 Å². The highest BCUT2D eigenvalue weighted by molar-refractivity contribution is 5.99. The maximum absolute atomic E-state index is 12.4. The minimum Gasteiger partial charge on any atom is -0.457 e. The quantitative estimate of drug-likeness (QED) is 0.599. The van der Waals surface area contributed by atoms with Gasteiger partial charge in [-0.1, -0.05) is 5.16 Å². The molecule has 0 radical (unpaired) electrons. The fourth-order valence-electron chi connectivity index (χ4n) is 3.03. The molecule has 130 valence electrons. The second-order valence-corrected chi connectivity index (χ2v) is 6.31. The molecule has 2 aromatic heterocycles. The number of hydrogen-bond donors (Lipinski definition) is 0. The van der Waals surface area contributed by atoms with Gasteiger partial charge in [0, 0.05) is 28.6 Å². The minimum atomic E-state index is -0.463. The summed E-state index contributed by atoms with van der Waals surface area (Å²) in [6, 6.07) is 2.12. The largest absolute Gasteiger partial charge is 0.457 e. The molecule has 6 heteroatoms. The molecule has 6 nitrogen and oxygen atoms in total. The Labute approximate surface area is 141 Å². The lowest BCUT2D eigenvalue weighted by Gasteiger charge is -2.13. The van der Waals surface area contributed by atoms with Gasteiger partial charge in [-0.15, -0.1) is 0 Å². The number of aryl methyl sites for hydroxylation is 3. The normalized spacial score (nSPS) is 11.1. The van der Waals surface area contributed by atoms with Crippen molar-refractivity contribution in [1.82, 2.24) is 9.72 Å². The highest BCUT2D eigenvalue weighted by Crippen LogP contribution is 2.20. The molecule has 0 aliphatic rings. The average Bonchev–Trinajstić information content (AvgIpc) is 2.98. The molecule has 0 amide bonds. The van der Waals surface area contributed by atoms with E-state index in [0.29, 0.717) is 22.6 Å². The molecule has 2 heterocycles. The van der Waals surface area contributed by atoms with Gasteiger partial charge < -0.3 is 13.8 Å². The van der Waals surface area contributed by atoms with Crippen molar-refractivity contribution < 1.29 is 18.8 Å². The Balaban J connectivity index is 2.01. The van der Waals surface area contributed by atoms with Crippen LogP contribution in [0.25, 0.3) is 0 Å². The number of nitrogens with zero attached hydrogens (tertiary/aromatic N) is 2. The molecule has 24 heavy (non-hydrogen) atoms. The molecule has 0 N–H and O–H groups in total. The smallest absolute Gasteiger partial charge is 0.310 e. The van der Waals surface area contributed by atoms with Gasteiger partial charge in [-0.05, 0) is 47.6 Å². The van der Waals surface area contributed by atoms with E-state index in [1.807, 2.05) is 19.9 Å². The van der Waals surface area contributed by atoms with E-state index in [4.69, 9.17) is 9.26 Å². The van der Waals surface area contributed by atoms with Crippen LogP contribution in [-0.2, 0) is 16.0 Å². The van der Waals surface area contributed by atoms with E-state index < -0.39 is 5.97 Å². The number of ether oxygens (including phenoxy) is 1. The molecule has 0 aliphatic carbocycles. The van der Waals surface area contributed by atoms with E-state index in [-0.39, 0.29) is 24.9 Å². The van der Waals surface area contributed by atoms with Gasteiger partial charge in [0.2, 0.25) is 5.78 Å². The predicted molar refractivity (Wildman–Crippen MR) is 89.3 cm³/mol. The van der Waals surface area contributed by atoms with Gasteiger partial charge in [0.25, 0.3) is 0 Å². The molecule has 0 spiro atoms. The van der Waals surface area contributed by atoms with Crippen LogP contribution >= 0.6 is 0 Å². The topological polar surface area (TPSA) is 74.3 Å². The highest BCUT2D eigenvalue weighted by Gasteiger charge is 2.19. The Bertz CT molecular complexity index is 749. The zero-order valence-electron chi connectivity index (χ0n) is 15.1. The van der Waals surface area contributed by atoms with Gasteiger partial charge >= 0.3 is 5.97 Å². The first kappa shape index (κ1) is 18.0. The van der Waals surface area contributed by atoms with Crippen molar-refractivity contribution >= 4 is 11.8 Å². The molecule has 0 fully saturated rings. The number of aromatic nitrogens is 2. The molecule has 2 aromatic rings. The molecule has 0 saturated heterocycles. The maximum Gasteiger partial charge on any atom is 0.310 e. The third-order valence-electron chi connectivity index (χ3n) is 4.17. The first-order valence-electron chi connectivity index (χ1n) is 8.01. The summed E-state index contributed by atoms with van der Waals surface area (Å²) in [4.78, 5) is 24.3. The van der Waals surface area contributed by atoms with E-state index >= 15 is 0 Å². The summed E-state index contributed by atoms with van der Waals surface area (Å²) in [6.45, 7) is 11.3. The van der Waals surface area contributed by atoms with E-state index in [1.165, 1.54) is 0 Å². The fourth-order valence-corrected chi connectivity index (χ4v) is 3.03.